The summed E-state index contributed by atoms with van der Waals surface area (Å²) >= 11 is 5.47. The van der Waals surface area contributed by atoms with Gasteiger partial charge in [0.2, 0.25) is 0 Å². The smallest absolute Gasteiger partial charge is 0.153 e. The lowest BCUT2D eigenvalue weighted by atomic mass is 10.2. The second-order valence-corrected chi connectivity index (χ2v) is 11.8. The molecule has 6 aromatic rings. The van der Waals surface area contributed by atoms with Gasteiger partial charge in [0.25, 0.3) is 0 Å². The fraction of sp³-hybridized carbons (Fsp3) is 0.0294. The highest BCUT2D eigenvalue weighted by Gasteiger charge is 2.29. The van der Waals surface area contributed by atoms with Gasteiger partial charge >= 0.3 is 0 Å². The van der Waals surface area contributed by atoms with Crippen molar-refractivity contribution in [1.82, 2.24) is 0 Å². The van der Waals surface area contributed by atoms with Gasteiger partial charge in [-0.3, -0.25) is 0 Å². The summed E-state index contributed by atoms with van der Waals surface area (Å²) in [6, 6.07) is 51.3. The molecule has 0 aliphatic carbocycles. The monoisotopic (exact) mass is 686 g/mol. The molecule has 0 atom stereocenters. The van der Waals surface area contributed by atoms with Gasteiger partial charge < -0.3 is 33.8 Å². The molecule has 0 radical (unpaired) electrons. The molecule has 0 spiro atoms. The van der Waals surface area contributed by atoms with Gasteiger partial charge in [-0.25, -0.2) is 0 Å². The summed E-state index contributed by atoms with van der Waals surface area (Å²) in [6.45, 7) is 0. The van der Waals surface area contributed by atoms with Crippen LogP contribution in [-0.4, -0.2) is 6.26 Å². The van der Waals surface area contributed by atoms with E-state index in [1.807, 2.05) is 34.4 Å². The van der Waals surface area contributed by atoms with Crippen molar-refractivity contribution >= 4 is 67.2 Å². The van der Waals surface area contributed by atoms with Crippen LogP contribution >= 0.6 is 34.4 Å². The Hall–Kier alpha value is -3.17. The number of nitrogens with zero attached hydrogens (tertiary/aromatic N) is 2. The highest BCUT2D eigenvalue weighted by Crippen LogP contribution is 2.47. The minimum absolute atomic E-state index is 0. The third-order valence-corrected chi connectivity index (χ3v) is 9.62. The maximum absolute atomic E-state index is 2.33. The number of hydrogen-bond donors (Lipinski definition) is 0. The topological polar surface area (TPSA) is 6.48 Å². The van der Waals surface area contributed by atoms with Crippen LogP contribution in [0.4, 0.5) is 32.8 Å². The first-order chi connectivity index (χ1) is 19.3. The first kappa shape index (κ1) is 28.4. The number of anilines is 6. The Morgan fingerprint density at radius 1 is 0.450 bits per heavy atom. The maximum atomic E-state index is 2.33. The summed E-state index contributed by atoms with van der Waals surface area (Å²) in [4.78, 5) is 7.21. The van der Waals surface area contributed by atoms with Crippen molar-refractivity contribution in [3.05, 3.63) is 161 Å². The molecule has 0 aliphatic heterocycles. The van der Waals surface area contributed by atoms with Crippen LogP contribution in [0, 0.1) is 5.25 Å². The van der Waals surface area contributed by atoms with Crippen molar-refractivity contribution in [2.24, 2.45) is 0 Å². The second kappa shape index (κ2) is 13.5. The van der Waals surface area contributed by atoms with Crippen molar-refractivity contribution in [3.63, 3.8) is 0 Å². The van der Waals surface area contributed by atoms with Crippen molar-refractivity contribution in [2.45, 2.75) is 0 Å². The van der Waals surface area contributed by atoms with Crippen LogP contribution in [0.1, 0.15) is 9.75 Å². The minimum Gasteiger partial charge on any atom is -1.00 e. The van der Waals surface area contributed by atoms with Crippen LogP contribution < -0.4 is 33.8 Å². The van der Waals surface area contributed by atoms with E-state index in [0.29, 0.717) is 0 Å². The minimum atomic E-state index is 0. The summed E-state index contributed by atoms with van der Waals surface area (Å²) in [7, 11) is 0. The lowest BCUT2D eigenvalue weighted by molar-refractivity contribution is -0.00000724. The van der Waals surface area contributed by atoms with Gasteiger partial charge in [0, 0.05) is 47.0 Å². The van der Waals surface area contributed by atoms with Gasteiger partial charge in [0.15, 0.2) is 9.75 Å². The number of para-hydroxylation sites is 4. The first-order valence-electron chi connectivity index (χ1n) is 12.7. The predicted molar refractivity (Wildman–Crippen MR) is 173 cm³/mol. The van der Waals surface area contributed by atoms with Crippen molar-refractivity contribution in [3.8, 4) is 0 Å². The van der Waals surface area contributed by atoms with Gasteiger partial charge in [-0.15, -0.1) is 0 Å². The van der Waals surface area contributed by atoms with Crippen LogP contribution in [0.15, 0.2) is 146 Å². The van der Waals surface area contributed by atoms with E-state index in [9.17, 15) is 0 Å². The standard InChI is InChI=1S/C34H27N2S3.HI/c1-37-34(30-22-24-32(38-30)35(26-14-6-2-7-15-26)27-16-8-3-9-17-27)31-23-25-33(39-31)36(28-18-10-4-11-19-28)29-20-12-5-13-21-29;/h2-25H,1H3;1H/q+1;/p-1. The van der Waals surface area contributed by atoms with E-state index < -0.39 is 0 Å². The van der Waals surface area contributed by atoms with Crippen LogP contribution in [0.3, 0.4) is 0 Å². The van der Waals surface area contributed by atoms with Crippen molar-refractivity contribution < 1.29 is 24.0 Å². The quantitative estimate of drug-likeness (QED) is 0.112. The number of hydrogen-bond acceptors (Lipinski definition) is 5. The molecule has 0 aliphatic rings. The van der Waals surface area contributed by atoms with Gasteiger partial charge in [0.05, 0.1) is 0 Å². The Labute approximate surface area is 266 Å². The largest absolute Gasteiger partial charge is 1.00 e. The van der Waals surface area contributed by atoms with E-state index in [2.05, 4.69) is 162 Å². The molecule has 2 heterocycles. The zero-order valence-corrected chi connectivity index (χ0v) is 26.5. The number of benzene rings is 4. The molecular formula is C34H27IN2S3. The molecule has 0 amide bonds. The average Bonchev–Trinajstić information content (AvgIpc) is 3.67. The molecular weight excluding hydrogens is 659 g/mol. The zero-order chi connectivity index (χ0) is 26.4. The Morgan fingerprint density at radius 2 is 0.750 bits per heavy atom. The third-order valence-electron chi connectivity index (χ3n) is 6.33. The molecule has 4 aromatic carbocycles. The lowest BCUT2D eigenvalue weighted by Gasteiger charge is -2.23. The molecule has 2 aromatic heterocycles. The van der Waals surface area contributed by atoms with Crippen molar-refractivity contribution in [1.29, 1.82) is 0 Å². The maximum Gasteiger partial charge on any atom is 0.153 e. The normalized spacial score (nSPS) is 10.5. The highest BCUT2D eigenvalue weighted by molar-refractivity contribution is 8.02. The van der Waals surface area contributed by atoms with Gasteiger partial charge in [-0.05, 0) is 54.8 Å². The molecule has 0 unspecified atom stereocenters. The molecule has 2 nitrogen and oxygen atoms in total. The summed E-state index contributed by atoms with van der Waals surface area (Å²) in [5.41, 5.74) is 4.62. The summed E-state index contributed by atoms with van der Waals surface area (Å²) < 4.78 is 0. The fourth-order valence-electron chi connectivity index (χ4n) is 4.58. The fourth-order valence-corrected chi connectivity index (χ4v) is 7.94. The molecule has 198 valence electrons. The molecule has 0 fully saturated rings. The van der Waals surface area contributed by atoms with Crippen molar-refractivity contribution in [2.75, 3.05) is 16.1 Å². The van der Waals surface area contributed by atoms with E-state index in [-0.39, 0.29) is 24.0 Å². The van der Waals surface area contributed by atoms with E-state index in [1.165, 1.54) is 25.0 Å². The zero-order valence-electron chi connectivity index (χ0n) is 21.9. The number of thiophene rings is 2. The van der Waals surface area contributed by atoms with Gasteiger partial charge in [-0.1, -0.05) is 107 Å². The molecule has 40 heavy (non-hydrogen) atoms. The Balaban J connectivity index is 0.00000323. The van der Waals surface area contributed by atoms with Crippen LogP contribution in [0.25, 0.3) is 0 Å². The second-order valence-electron chi connectivity index (χ2n) is 8.82. The molecule has 0 N–H and O–H groups in total. The van der Waals surface area contributed by atoms with Gasteiger partial charge in [0.1, 0.15) is 15.3 Å². The number of halogens is 1. The highest BCUT2D eigenvalue weighted by atomic mass is 127. The predicted octanol–water partition coefficient (Wildman–Crippen LogP) is 8.04. The van der Waals surface area contributed by atoms with E-state index >= 15 is 0 Å². The third kappa shape index (κ3) is 6.10. The average molecular weight is 687 g/mol. The van der Waals surface area contributed by atoms with Gasteiger partial charge in [-0.2, -0.15) is 0 Å². The SMILES string of the molecule is CS[C+](c1ccc(N(c2ccccc2)c2ccccc2)s1)c1ccc(N(c2ccccc2)c2ccccc2)s1.[I-]. The summed E-state index contributed by atoms with van der Waals surface area (Å²) in [5.74, 6) is 0. The lowest BCUT2D eigenvalue weighted by Crippen LogP contribution is -3.00. The molecule has 0 bridgehead atoms. The Morgan fingerprint density at radius 3 is 1.02 bits per heavy atom. The Kier molecular flexibility index (Phi) is 9.54. The van der Waals surface area contributed by atoms with Crippen LogP contribution in [0.2, 0.25) is 0 Å². The Bertz CT molecular complexity index is 1400. The summed E-state index contributed by atoms with van der Waals surface area (Å²) in [6.07, 6.45) is 2.17. The molecule has 6 heteroatoms. The summed E-state index contributed by atoms with van der Waals surface area (Å²) in [5, 5.41) is 3.69. The van der Waals surface area contributed by atoms with Crippen LogP contribution in [0.5, 0.6) is 0 Å². The number of rotatable bonds is 9. The molecule has 6 rings (SSSR count). The van der Waals surface area contributed by atoms with Crippen LogP contribution in [-0.2, 0) is 0 Å². The molecule has 0 saturated carbocycles. The van der Waals surface area contributed by atoms with E-state index in [0.717, 1.165) is 22.7 Å². The number of thioether (sulfide) groups is 1. The first-order valence-corrected chi connectivity index (χ1v) is 15.6. The van der Waals surface area contributed by atoms with E-state index in [1.54, 1.807) is 0 Å². The van der Waals surface area contributed by atoms with E-state index in [4.69, 9.17) is 0 Å². The molecule has 0 saturated heterocycles.